The average molecular weight is 980 g/mol. The summed E-state index contributed by atoms with van der Waals surface area (Å²) in [6.45, 7) is 6.50. The van der Waals surface area contributed by atoms with Crippen LogP contribution < -0.4 is 0 Å². The molecule has 0 radical (unpaired) electrons. The van der Waals surface area contributed by atoms with Crippen LogP contribution >= 0.6 is 0 Å². The molecule has 0 saturated carbocycles. The Morgan fingerprint density at radius 3 is 0.871 bits per heavy atom. The summed E-state index contributed by atoms with van der Waals surface area (Å²) >= 11 is 0. The van der Waals surface area contributed by atoms with Gasteiger partial charge in [-0.05, 0) is 83.5 Å². The zero-order valence-corrected chi connectivity index (χ0v) is 46.5. The average Bonchev–Trinajstić information content (AvgIpc) is 3.36. The van der Waals surface area contributed by atoms with Crippen LogP contribution in [0, 0.1) is 0 Å². The summed E-state index contributed by atoms with van der Waals surface area (Å²) in [4.78, 5) is 38.0. The second-order valence-electron chi connectivity index (χ2n) is 20.2. The first-order valence-corrected chi connectivity index (χ1v) is 30.3. The highest BCUT2D eigenvalue weighted by Crippen LogP contribution is 2.17. The molecule has 0 spiro atoms. The Kier molecular flexibility index (Phi) is 56.3. The van der Waals surface area contributed by atoms with Crippen molar-refractivity contribution < 1.29 is 28.6 Å². The highest BCUT2D eigenvalue weighted by atomic mass is 16.6. The number of carbonyl (C=O) groups is 3. The number of esters is 3. The van der Waals surface area contributed by atoms with Gasteiger partial charge in [0.1, 0.15) is 13.2 Å². The lowest BCUT2D eigenvalue weighted by atomic mass is 10.0. The Morgan fingerprint density at radius 2 is 0.557 bits per heavy atom. The Hall–Kier alpha value is -2.89. The van der Waals surface area contributed by atoms with Gasteiger partial charge in [-0.15, -0.1) is 0 Å². The Morgan fingerprint density at radius 1 is 0.300 bits per heavy atom. The first-order chi connectivity index (χ1) is 34.5. The molecule has 0 aliphatic carbocycles. The van der Waals surface area contributed by atoms with E-state index in [-0.39, 0.29) is 31.1 Å². The summed E-state index contributed by atoms with van der Waals surface area (Å²) in [5.41, 5.74) is 0. The second kappa shape index (κ2) is 58.7. The lowest BCUT2D eigenvalue weighted by Gasteiger charge is -2.18. The van der Waals surface area contributed by atoms with Crippen LogP contribution in [-0.2, 0) is 28.6 Å². The molecule has 0 N–H and O–H groups in total. The molecular formula is C64H114O6. The van der Waals surface area contributed by atoms with Crippen molar-refractivity contribution in [2.75, 3.05) is 13.2 Å². The number of allylic oxidation sites excluding steroid dienone is 10. The topological polar surface area (TPSA) is 78.9 Å². The fraction of sp³-hybridized carbons (Fsp3) is 0.797. The van der Waals surface area contributed by atoms with Crippen LogP contribution in [-0.4, -0.2) is 37.2 Å². The van der Waals surface area contributed by atoms with E-state index in [2.05, 4.69) is 81.5 Å². The van der Waals surface area contributed by atoms with Crippen molar-refractivity contribution in [3.63, 3.8) is 0 Å². The molecule has 6 heteroatoms. The highest BCUT2D eigenvalue weighted by Gasteiger charge is 2.19. The number of hydrogen-bond donors (Lipinski definition) is 0. The SMILES string of the molecule is CC/C=C\C/C=C\C/C=C\CCCCCCCC(=O)OC(COC(=O)CCCCCCCCCC)COC(=O)CCCCCCCCCCCCCCCCCCC/C=C\C/C=C\CCCCCCC. The van der Waals surface area contributed by atoms with Crippen LogP contribution in [0.2, 0.25) is 0 Å². The van der Waals surface area contributed by atoms with Gasteiger partial charge in [-0.1, -0.05) is 268 Å². The maximum atomic E-state index is 12.8. The Labute approximate surface area is 434 Å². The molecule has 0 aliphatic rings. The largest absolute Gasteiger partial charge is 0.462 e. The monoisotopic (exact) mass is 979 g/mol. The number of ether oxygens (including phenoxy) is 3. The normalized spacial score (nSPS) is 12.4. The molecule has 1 atom stereocenters. The molecule has 0 heterocycles. The highest BCUT2D eigenvalue weighted by molar-refractivity contribution is 5.71. The minimum Gasteiger partial charge on any atom is -0.462 e. The molecule has 6 nitrogen and oxygen atoms in total. The van der Waals surface area contributed by atoms with E-state index in [9.17, 15) is 14.4 Å². The summed E-state index contributed by atoms with van der Waals surface area (Å²) in [6, 6.07) is 0. The van der Waals surface area contributed by atoms with Gasteiger partial charge < -0.3 is 14.2 Å². The van der Waals surface area contributed by atoms with Crippen molar-refractivity contribution in [3.05, 3.63) is 60.8 Å². The number of unbranched alkanes of at least 4 members (excludes halogenated alkanes) is 34. The van der Waals surface area contributed by atoms with Crippen LogP contribution in [0.25, 0.3) is 0 Å². The number of hydrogen-bond acceptors (Lipinski definition) is 6. The van der Waals surface area contributed by atoms with Gasteiger partial charge in [-0.2, -0.15) is 0 Å². The molecule has 0 rings (SSSR count). The molecule has 0 aromatic heterocycles. The van der Waals surface area contributed by atoms with E-state index in [4.69, 9.17) is 14.2 Å². The minimum atomic E-state index is -0.779. The van der Waals surface area contributed by atoms with Crippen molar-refractivity contribution in [1.82, 2.24) is 0 Å². The molecule has 0 aliphatic heterocycles. The van der Waals surface area contributed by atoms with Crippen molar-refractivity contribution >= 4 is 17.9 Å². The Balaban J connectivity index is 4.08. The van der Waals surface area contributed by atoms with E-state index in [0.717, 1.165) is 103 Å². The van der Waals surface area contributed by atoms with Crippen LogP contribution in [0.5, 0.6) is 0 Å². The van der Waals surface area contributed by atoms with Gasteiger partial charge in [0.25, 0.3) is 0 Å². The third-order valence-corrected chi connectivity index (χ3v) is 13.3. The van der Waals surface area contributed by atoms with E-state index in [1.54, 1.807) is 0 Å². The maximum Gasteiger partial charge on any atom is 0.306 e. The molecule has 0 aromatic carbocycles. The summed E-state index contributed by atoms with van der Waals surface area (Å²) in [7, 11) is 0. The molecular weight excluding hydrogens is 865 g/mol. The molecule has 0 saturated heterocycles. The van der Waals surface area contributed by atoms with Crippen molar-refractivity contribution in [2.24, 2.45) is 0 Å². The maximum absolute atomic E-state index is 12.8. The zero-order chi connectivity index (χ0) is 50.7. The van der Waals surface area contributed by atoms with Gasteiger partial charge in [-0.25, -0.2) is 0 Å². The van der Waals surface area contributed by atoms with E-state index in [0.29, 0.717) is 19.3 Å². The molecule has 0 amide bonds. The van der Waals surface area contributed by atoms with Gasteiger partial charge >= 0.3 is 17.9 Å². The predicted octanol–water partition coefficient (Wildman–Crippen LogP) is 20.4. The van der Waals surface area contributed by atoms with Crippen molar-refractivity contribution in [2.45, 2.75) is 316 Å². The summed E-state index contributed by atoms with van der Waals surface area (Å²) in [5.74, 6) is -0.888. The van der Waals surface area contributed by atoms with Crippen molar-refractivity contribution in [3.8, 4) is 0 Å². The second-order valence-corrected chi connectivity index (χ2v) is 20.2. The quantitative estimate of drug-likeness (QED) is 0.0261. The van der Waals surface area contributed by atoms with Gasteiger partial charge in [0.15, 0.2) is 6.10 Å². The van der Waals surface area contributed by atoms with Gasteiger partial charge in [0.2, 0.25) is 0 Å². The summed E-state index contributed by atoms with van der Waals surface area (Å²) in [5, 5.41) is 0. The molecule has 406 valence electrons. The molecule has 1 unspecified atom stereocenters. The third kappa shape index (κ3) is 56.0. The lowest BCUT2D eigenvalue weighted by molar-refractivity contribution is -0.167. The van der Waals surface area contributed by atoms with E-state index in [1.807, 2.05) is 0 Å². The standard InChI is InChI=1S/C64H114O6/c1-4-7-10-13-16-19-21-23-25-26-27-28-29-30-31-32-33-34-35-36-37-38-40-41-43-45-48-51-54-57-63(66)69-60-61(59-68-62(65)56-53-50-47-18-15-12-9-6-3)70-64(67)58-55-52-49-46-44-42-39-24-22-20-17-14-11-8-5-2/h8,11,17,20-21,23-24,26-27,39,61H,4-7,9-10,12-16,18-19,22,25,28-38,40-60H2,1-3H3/b11-8-,20-17-,23-21-,27-26-,39-24-. The van der Waals surface area contributed by atoms with E-state index in [1.165, 1.54) is 167 Å². The first kappa shape index (κ1) is 67.1. The molecule has 0 fully saturated rings. The minimum absolute atomic E-state index is 0.0782. The van der Waals surface area contributed by atoms with Crippen LogP contribution in [0.15, 0.2) is 60.8 Å². The summed E-state index contributed by atoms with van der Waals surface area (Å²) in [6.07, 6.45) is 73.9. The first-order valence-electron chi connectivity index (χ1n) is 30.3. The van der Waals surface area contributed by atoms with Gasteiger partial charge in [0.05, 0.1) is 0 Å². The fourth-order valence-corrected chi connectivity index (χ4v) is 8.72. The van der Waals surface area contributed by atoms with E-state index < -0.39 is 6.10 Å². The molecule has 0 aromatic rings. The van der Waals surface area contributed by atoms with E-state index >= 15 is 0 Å². The zero-order valence-electron chi connectivity index (χ0n) is 46.5. The molecule has 70 heavy (non-hydrogen) atoms. The third-order valence-electron chi connectivity index (χ3n) is 13.3. The van der Waals surface area contributed by atoms with Gasteiger partial charge in [-0.3, -0.25) is 14.4 Å². The predicted molar refractivity (Wildman–Crippen MR) is 302 cm³/mol. The fourth-order valence-electron chi connectivity index (χ4n) is 8.72. The smallest absolute Gasteiger partial charge is 0.306 e. The number of rotatable bonds is 55. The van der Waals surface area contributed by atoms with Crippen molar-refractivity contribution in [1.29, 1.82) is 0 Å². The van der Waals surface area contributed by atoms with Gasteiger partial charge in [0, 0.05) is 19.3 Å². The van der Waals surface area contributed by atoms with Crippen LogP contribution in [0.3, 0.4) is 0 Å². The lowest BCUT2D eigenvalue weighted by Crippen LogP contribution is -2.30. The van der Waals surface area contributed by atoms with Crippen LogP contribution in [0.1, 0.15) is 310 Å². The summed E-state index contributed by atoms with van der Waals surface area (Å²) < 4.78 is 16.8. The molecule has 0 bridgehead atoms. The number of carbonyl (C=O) groups excluding carboxylic acids is 3. The Bertz CT molecular complexity index is 1260. The van der Waals surface area contributed by atoms with Crippen LogP contribution in [0.4, 0.5) is 0 Å².